The van der Waals surface area contributed by atoms with Gasteiger partial charge >= 0.3 is 0 Å². The minimum absolute atomic E-state index is 0.136. The minimum Gasteiger partial charge on any atom is -0.381 e. The number of carbonyl (C=O) groups excluding carboxylic acids is 1. The number of rotatable bonds is 5. The molecule has 3 heterocycles. The standard InChI is InChI=1S/C21H24N4O2/c1-25-13-17(12-24-25)20-8-15-7-18(22-10-16(15)11-23-20)9-21(26)14-3-5-19(27-2)6-4-14/h7-8,10-14,19H,3-6,9H2,1-2H3. The van der Waals surface area contributed by atoms with Crippen LogP contribution in [-0.4, -0.2) is 38.7 Å². The molecule has 0 atom stereocenters. The molecular formula is C21H24N4O2. The normalized spacial score (nSPS) is 20.1. The van der Waals surface area contributed by atoms with Crippen LogP contribution in [0, 0.1) is 5.92 Å². The zero-order valence-corrected chi connectivity index (χ0v) is 15.8. The second-order valence-corrected chi connectivity index (χ2v) is 7.35. The number of aromatic nitrogens is 4. The minimum atomic E-state index is 0.136. The van der Waals surface area contributed by atoms with E-state index >= 15 is 0 Å². The Hall–Kier alpha value is -2.60. The lowest BCUT2D eigenvalue weighted by atomic mass is 9.83. The highest BCUT2D eigenvalue weighted by atomic mass is 16.5. The lowest BCUT2D eigenvalue weighted by Gasteiger charge is -2.26. The number of aryl methyl sites for hydroxylation is 1. The molecule has 6 heteroatoms. The van der Waals surface area contributed by atoms with E-state index < -0.39 is 0 Å². The molecule has 3 aromatic rings. The Kier molecular flexibility index (Phi) is 4.99. The second-order valence-electron chi connectivity index (χ2n) is 7.35. The topological polar surface area (TPSA) is 69.9 Å². The lowest BCUT2D eigenvalue weighted by molar-refractivity contribution is -0.124. The maximum Gasteiger partial charge on any atom is 0.141 e. The molecule has 1 aliphatic rings. The number of hydrogen-bond donors (Lipinski definition) is 0. The molecule has 3 aromatic heterocycles. The van der Waals surface area contributed by atoms with Crippen molar-refractivity contribution in [1.29, 1.82) is 0 Å². The van der Waals surface area contributed by atoms with Crippen LogP contribution < -0.4 is 0 Å². The summed E-state index contributed by atoms with van der Waals surface area (Å²) in [6, 6.07) is 4.04. The molecule has 0 amide bonds. The van der Waals surface area contributed by atoms with Crippen molar-refractivity contribution in [1.82, 2.24) is 19.7 Å². The summed E-state index contributed by atoms with van der Waals surface area (Å²) in [6.45, 7) is 0. The van der Waals surface area contributed by atoms with Gasteiger partial charge in [-0.05, 0) is 43.2 Å². The van der Waals surface area contributed by atoms with Crippen LogP contribution in [0.25, 0.3) is 22.0 Å². The SMILES string of the molecule is COC1CCC(C(=O)Cc2cc3cc(-c4cnn(C)c4)ncc3cn2)CC1. The molecule has 27 heavy (non-hydrogen) atoms. The van der Waals surface area contributed by atoms with E-state index in [4.69, 9.17) is 4.74 Å². The Morgan fingerprint density at radius 1 is 1.11 bits per heavy atom. The van der Waals surface area contributed by atoms with Crippen molar-refractivity contribution in [2.75, 3.05) is 7.11 Å². The van der Waals surface area contributed by atoms with Gasteiger partial charge in [-0.15, -0.1) is 0 Å². The quantitative estimate of drug-likeness (QED) is 0.694. The highest BCUT2D eigenvalue weighted by Gasteiger charge is 2.26. The van der Waals surface area contributed by atoms with Crippen molar-refractivity contribution in [3.63, 3.8) is 0 Å². The molecule has 0 bridgehead atoms. The van der Waals surface area contributed by atoms with Gasteiger partial charge < -0.3 is 4.74 Å². The second kappa shape index (κ2) is 7.56. The molecule has 4 rings (SSSR count). The molecule has 0 aromatic carbocycles. The van der Waals surface area contributed by atoms with E-state index in [2.05, 4.69) is 15.1 Å². The van der Waals surface area contributed by atoms with E-state index in [-0.39, 0.29) is 11.7 Å². The third-order valence-corrected chi connectivity index (χ3v) is 5.48. The molecule has 0 aliphatic heterocycles. The molecule has 1 saturated carbocycles. The molecule has 0 unspecified atom stereocenters. The summed E-state index contributed by atoms with van der Waals surface area (Å²) >= 11 is 0. The smallest absolute Gasteiger partial charge is 0.141 e. The van der Waals surface area contributed by atoms with Crippen molar-refractivity contribution < 1.29 is 9.53 Å². The molecule has 0 spiro atoms. The van der Waals surface area contributed by atoms with Crippen LogP contribution in [0.2, 0.25) is 0 Å². The highest BCUT2D eigenvalue weighted by molar-refractivity contribution is 5.87. The van der Waals surface area contributed by atoms with Crippen LogP contribution in [0.3, 0.4) is 0 Å². The molecule has 1 fully saturated rings. The third-order valence-electron chi connectivity index (χ3n) is 5.48. The number of nitrogens with zero attached hydrogens (tertiary/aromatic N) is 4. The number of hydrogen-bond acceptors (Lipinski definition) is 5. The van der Waals surface area contributed by atoms with Gasteiger partial charge in [0.05, 0.1) is 18.0 Å². The van der Waals surface area contributed by atoms with Crippen molar-refractivity contribution in [2.45, 2.75) is 38.2 Å². The Balaban J connectivity index is 1.51. The maximum atomic E-state index is 12.7. The van der Waals surface area contributed by atoms with Crippen LogP contribution in [0.4, 0.5) is 0 Å². The highest BCUT2D eigenvalue weighted by Crippen LogP contribution is 2.28. The fourth-order valence-corrected chi connectivity index (χ4v) is 3.83. The number of fused-ring (bicyclic) bond motifs is 1. The van der Waals surface area contributed by atoms with E-state index in [0.717, 1.165) is 53.4 Å². The van der Waals surface area contributed by atoms with Crippen molar-refractivity contribution in [3.05, 3.63) is 42.6 Å². The number of ether oxygens (including phenoxy) is 1. The molecule has 0 saturated heterocycles. The van der Waals surface area contributed by atoms with Crippen molar-refractivity contribution in [2.24, 2.45) is 13.0 Å². The average molecular weight is 364 g/mol. The molecule has 140 valence electrons. The van der Waals surface area contributed by atoms with E-state index in [1.807, 2.05) is 31.6 Å². The number of Topliss-reactive ketones (excluding diaryl/α,β-unsaturated/α-hetero) is 1. The molecule has 1 aliphatic carbocycles. The van der Waals surface area contributed by atoms with Gasteiger partial charge in [-0.3, -0.25) is 19.4 Å². The van der Waals surface area contributed by atoms with Gasteiger partial charge in [0, 0.05) is 61.7 Å². The summed E-state index contributed by atoms with van der Waals surface area (Å²) in [5, 5.41) is 6.22. The van der Waals surface area contributed by atoms with Gasteiger partial charge in [-0.1, -0.05) is 0 Å². The van der Waals surface area contributed by atoms with Gasteiger partial charge in [-0.25, -0.2) is 0 Å². The fraction of sp³-hybridized carbons (Fsp3) is 0.429. The first-order chi connectivity index (χ1) is 13.1. The van der Waals surface area contributed by atoms with Gasteiger partial charge in [-0.2, -0.15) is 5.10 Å². The van der Waals surface area contributed by atoms with Gasteiger partial charge in [0.2, 0.25) is 0 Å². The first kappa shape index (κ1) is 17.8. The monoisotopic (exact) mass is 364 g/mol. The van der Waals surface area contributed by atoms with Gasteiger partial charge in [0.1, 0.15) is 5.78 Å². The van der Waals surface area contributed by atoms with E-state index in [0.29, 0.717) is 12.5 Å². The lowest BCUT2D eigenvalue weighted by Crippen LogP contribution is -2.26. The summed E-state index contributed by atoms with van der Waals surface area (Å²) in [5.41, 5.74) is 2.67. The van der Waals surface area contributed by atoms with Crippen molar-refractivity contribution >= 4 is 16.6 Å². The number of carbonyl (C=O) groups is 1. The van der Waals surface area contributed by atoms with Crippen LogP contribution in [0.15, 0.2) is 36.9 Å². The largest absolute Gasteiger partial charge is 0.381 e. The van der Waals surface area contributed by atoms with Crippen LogP contribution in [0.1, 0.15) is 31.4 Å². The molecular weight excluding hydrogens is 340 g/mol. The maximum absolute atomic E-state index is 12.7. The van der Waals surface area contributed by atoms with Gasteiger partial charge in [0.25, 0.3) is 0 Å². The molecule has 0 N–H and O–H groups in total. The van der Waals surface area contributed by atoms with Crippen LogP contribution in [-0.2, 0) is 23.0 Å². The third kappa shape index (κ3) is 3.90. The number of methoxy groups -OCH3 is 1. The first-order valence-corrected chi connectivity index (χ1v) is 9.41. The summed E-state index contributed by atoms with van der Waals surface area (Å²) in [5.74, 6) is 0.426. The summed E-state index contributed by atoms with van der Waals surface area (Å²) < 4.78 is 7.16. The Morgan fingerprint density at radius 3 is 2.59 bits per heavy atom. The molecule has 6 nitrogen and oxygen atoms in total. The van der Waals surface area contributed by atoms with E-state index in [1.165, 1.54) is 0 Å². The zero-order valence-electron chi connectivity index (χ0n) is 15.8. The number of ketones is 1. The average Bonchev–Trinajstić information content (AvgIpc) is 3.14. The van der Waals surface area contributed by atoms with Crippen molar-refractivity contribution in [3.8, 4) is 11.3 Å². The fourth-order valence-electron chi connectivity index (χ4n) is 3.83. The van der Waals surface area contributed by atoms with Gasteiger partial charge in [0.15, 0.2) is 0 Å². The summed E-state index contributed by atoms with van der Waals surface area (Å²) in [4.78, 5) is 21.7. The Labute approximate surface area is 158 Å². The summed E-state index contributed by atoms with van der Waals surface area (Å²) in [7, 11) is 3.64. The van der Waals surface area contributed by atoms with E-state index in [9.17, 15) is 4.79 Å². The van der Waals surface area contributed by atoms with E-state index in [1.54, 1.807) is 24.2 Å². The Morgan fingerprint density at radius 2 is 1.89 bits per heavy atom. The zero-order chi connectivity index (χ0) is 18.8. The molecule has 0 radical (unpaired) electrons. The number of pyridine rings is 2. The Bertz CT molecular complexity index is 958. The predicted octanol–water partition coefficient (Wildman–Crippen LogP) is 3.35. The van der Waals surface area contributed by atoms with Crippen LogP contribution in [0.5, 0.6) is 0 Å². The summed E-state index contributed by atoms with van der Waals surface area (Å²) in [6.07, 6.45) is 11.8. The predicted molar refractivity (Wildman–Crippen MR) is 103 cm³/mol. The van der Waals surface area contributed by atoms with Crippen LogP contribution >= 0.6 is 0 Å². The first-order valence-electron chi connectivity index (χ1n) is 9.41.